The topological polar surface area (TPSA) is 79.3 Å². The Morgan fingerprint density at radius 2 is 1.96 bits per heavy atom. The second-order valence-corrected chi connectivity index (χ2v) is 7.10. The van der Waals surface area contributed by atoms with Crippen molar-refractivity contribution in [3.63, 3.8) is 0 Å². The van der Waals surface area contributed by atoms with Crippen molar-refractivity contribution in [1.82, 2.24) is 20.0 Å². The smallest absolute Gasteiger partial charge is 0.319 e. The Morgan fingerprint density at radius 1 is 1.22 bits per heavy atom. The van der Waals surface area contributed by atoms with Crippen LogP contribution in [-0.4, -0.2) is 46.8 Å². The van der Waals surface area contributed by atoms with E-state index in [2.05, 4.69) is 15.7 Å². The third-order valence-electron chi connectivity index (χ3n) is 4.24. The van der Waals surface area contributed by atoms with Gasteiger partial charge in [0, 0.05) is 37.9 Å². The first kappa shape index (κ1) is 20.5. The van der Waals surface area contributed by atoms with Gasteiger partial charge in [-0.15, -0.1) is 0 Å². The number of benzene rings is 1. The van der Waals surface area contributed by atoms with Crippen LogP contribution < -0.4 is 10.6 Å². The van der Waals surface area contributed by atoms with Crippen LogP contribution in [0.25, 0.3) is 0 Å². The van der Waals surface area contributed by atoms with Crippen molar-refractivity contribution < 1.29 is 9.59 Å². The van der Waals surface area contributed by atoms with Gasteiger partial charge in [0.15, 0.2) is 0 Å². The molecule has 1 aromatic carbocycles. The largest absolute Gasteiger partial charge is 0.349 e. The van der Waals surface area contributed by atoms with E-state index in [1.807, 2.05) is 55.8 Å². The number of hydrogen-bond donors (Lipinski definition) is 2. The number of urea groups is 1. The van der Waals surface area contributed by atoms with Gasteiger partial charge in [-0.3, -0.25) is 9.48 Å². The van der Waals surface area contributed by atoms with E-state index in [1.54, 1.807) is 19.0 Å². The van der Waals surface area contributed by atoms with Gasteiger partial charge in [0.2, 0.25) is 5.91 Å². The molecule has 27 heavy (non-hydrogen) atoms. The van der Waals surface area contributed by atoms with E-state index in [9.17, 15) is 9.59 Å². The summed E-state index contributed by atoms with van der Waals surface area (Å²) in [4.78, 5) is 25.6. The van der Waals surface area contributed by atoms with Gasteiger partial charge in [0.05, 0.1) is 12.2 Å². The maximum Gasteiger partial charge on any atom is 0.319 e. The lowest BCUT2D eigenvalue weighted by molar-refractivity contribution is -0.128. The lowest BCUT2D eigenvalue weighted by Gasteiger charge is -2.16. The summed E-state index contributed by atoms with van der Waals surface area (Å²) in [5, 5.41) is 10.2. The first-order valence-corrected chi connectivity index (χ1v) is 9.12. The summed E-state index contributed by atoms with van der Waals surface area (Å²) in [6.07, 6.45) is 1.09. The molecule has 0 bridgehead atoms. The van der Waals surface area contributed by atoms with Gasteiger partial charge < -0.3 is 15.5 Å². The third kappa shape index (κ3) is 6.44. The molecule has 1 heterocycles. The SMILES string of the molecule is Cc1cc(C)n(C[C@H](C)NC(=O)Nc2cccc(CCC(=O)N(C)C)c2)n1. The average Bonchev–Trinajstić information content (AvgIpc) is 2.89. The molecule has 0 aliphatic rings. The van der Waals surface area contributed by atoms with Crippen LogP contribution in [0.3, 0.4) is 0 Å². The molecule has 2 rings (SSSR count). The quantitative estimate of drug-likeness (QED) is 0.785. The first-order chi connectivity index (χ1) is 12.7. The summed E-state index contributed by atoms with van der Waals surface area (Å²) < 4.78 is 1.89. The van der Waals surface area contributed by atoms with Crippen molar-refractivity contribution in [2.75, 3.05) is 19.4 Å². The molecule has 0 aliphatic heterocycles. The van der Waals surface area contributed by atoms with Gasteiger partial charge in [-0.05, 0) is 51.0 Å². The number of aromatic nitrogens is 2. The molecule has 0 aliphatic carbocycles. The Labute approximate surface area is 160 Å². The van der Waals surface area contributed by atoms with Crippen molar-refractivity contribution in [1.29, 1.82) is 0 Å². The van der Waals surface area contributed by atoms with Crippen molar-refractivity contribution in [2.45, 2.75) is 46.2 Å². The summed E-state index contributed by atoms with van der Waals surface area (Å²) in [7, 11) is 3.50. The van der Waals surface area contributed by atoms with E-state index < -0.39 is 0 Å². The van der Waals surface area contributed by atoms with Crippen LogP contribution in [0.15, 0.2) is 30.3 Å². The molecule has 3 amide bonds. The average molecular weight is 371 g/mol. The minimum atomic E-state index is -0.259. The fourth-order valence-corrected chi connectivity index (χ4v) is 2.84. The molecule has 0 fully saturated rings. The van der Waals surface area contributed by atoms with Crippen LogP contribution in [0.2, 0.25) is 0 Å². The Morgan fingerprint density at radius 3 is 2.59 bits per heavy atom. The molecule has 0 spiro atoms. The number of amides is 3. The normalized spacial score (nSPS) is 11.7. The fraction of sp³-hybridized carbons (Fsp3) is 0.450. The molecule has 0 saturated carbocycles. The molecule has 1 aromatic heterocycles. The van der Waals surface area contributed by atoms with Crippen molar-refractivity contribution in [3.8, 4) is 0 Å². The molecule has 2 N–H and O–H groups in total. The predicted octanol–water partition coefficient (Wildman–Crippen LogP) is 2.73. The number of carbonyl (C=O) groups is 2. The number of aryl methyl sites for hydroxylation is 3. The molecule has 146 valence electrons. The van der Waals surface area contributed by atoms with Crippen LogP contribution >= 0.6 is 0 Å². The van der Waals surface area contributed by atoms with Crippen LogP contribution in [0.5, 0.6) is 0 Å². The highest BCUT2D eigenvalue weighted by atomic mass is 16.2. The van der Waals surface area contributed by atoms with E-state index in [-0.39, 0.29) is 18.0 Å². The minimum Gasteiger partial charge on any atom is -0.349 e. The Hall–Kier alpha value is -2.83. The number of nitrogens with one attached hydrogen (secondary N) is 2. The lowest BCUT2D eigenvalue weighted by Crippen LogP contribution is -2.39. The van der Waals surface area contributed by atoms with Gasteiger partial charge in [0.1, 0.15) is 0 Å². The second kappa shape index (κ2) is 9.21. The highest BCUT2D eigenvalue weighted by molar-refractivity contribution is 5.89. The highest BCUT2D eigenvalue weighted by Crippen LogP contribution is 2.13. The van der Waals surface area contributed by atoms with Crippen LogP contribution in [0, 0.1) is 13.8 Å². The van der Waals surface area contributed by atoms with Crippen molar-refractivity contribution >= 4 is 17.6 Å². The summed E-state index contributed by atoms with van der Waals surface area (Å²) in [6, 6.07) is 9.26. The van der Waals surface area contributed by atoms with Gasteiger partial charge in [0.25, 0.3) is 0 Å². The molecule has 0 unspecified atom stereocenters. The highest BCUT2D eigenvalue weighted by Gasteiger charge is 2.11. The van der Waals surface area contributed by atoms with Crippen LogP contribution in [0.4, 0.5) is 10.5 Å². The number of hydrogen-bond acceptors (Lipinski definition) is 3. The molecular weight excluding hydrogens is 342 g/mol. The van der Waals surface area contributed by atoms with E-state index in [0.29, 0.717) is 25.1 Å². The Bertz CT molecular complexity index is 797. The maximum absolute atomic E-state index is 12.3. The van der Waals surface area contributed by atoms with Gasteiger partial charge in [-0.1, -0.05) is 12.1 Å². The molecule has 0 radical (unpaired) electrons. The molecule has 2 aromatic rings. The molecular formula is C20H29N5O2. The van der Waals surface area contributed by atoms with E-state index in [0.717, 1.165) is 17.0 Å². The zero-order chi connectivity index (χ0) is 20.0. The van der Waals surface area contributed by atoms with Gasteiger partial charge in [-0.2, -0.15) is 5.10 Å². The Balaban J connectivity index is 1.86. The number of anilines is 1. The number of rotatable bonds is 7. The van der Waals surface area contributed by atoms with Crippen molar-refractivity contribution in [3.05, 3.63) is 47.3 Å². The van der Waals surface area contributed by atoms with E-state index in [1.165, 1.54) is 0 Å². The lowest BCUT2D eigenvalue weighted by atomic mass is 10.1. The second-order valence-electron chi connectivity index (χ2n) is 7.10. The van der Waals surface area contributed by atoms with Crippen molar-refractivity contribution in [2.24, 2.45) is 0 Å². The summed E-state index contributed by atoms with van der Waals surface area (Å²) in [6.45, 7) is 6.51. The standard InChI is InChI=1S/C20H29N5O2/c1-14-11-16(3)25(23-14)13-15(2)21-20(27)22-18-8-6-7-17(12-18)9-10-19(26)24(4)5/h6-8,11-12,15H,9-10,13H2,1-5H3,(H2,21,22,27)/t15-/m0/s1. The summed E-state index contributed by atoms with van der Waals surface area (Å²) in [5.41, 5.74) is 3.76. The summed E-state index contributed by atoms with van der Waals surface area (Å²) >= 11 is 0. The monoisotopic (exact) mass is 371 g/mol. The van der Waals surface area contributed by atoms with Gasteiger partial charge in [-0.25, -0.2) is 4.79 Å². The summed E-state index contributed by atoms with van der Waals surface area (Å²) in [5.74, 6) is 0.0871. The molecule has 7 heteroatoms. The molecule has 1 atom stereocenters. The van der Waals surface area contributed by atoms with Gasteiger partial charge >= 0.3 is 6.03 Å². The maximum atomic E-state index is 12.3. The Kier molecular flexibility index (Phi) is 6.98. The number of nitrogens with zero attached hydrogens (tertiary/aromatic N) is 3. The zero-order valence-electron chi connectivity index (χ0n) is 16.7. The number of carbonyl (C=O) groups excluding carboxylic acids is 2. The first-order valence-electron chi connectivity index (χ1n) is 9.12. The predicted molar refractivity (Wildman–Crippen MR) is 107 cm³/mol. The van der Waals surface area contributed by atoms with Crippen LogP contribution in [-0.2, 0) is 17.8 Å². The molecule has 0 saturated heterocycles. The van der Waals surface area contributed by atoms with Crippen LogP contribution in [0.1, 0.15) is 30.3 Å². The molecule has 7 nitrogen and oxygen atoms in total. The zero-order valence-corrected chi connectivity index (χ0v) is 16.7. The minimum absolute atomic E-state index is 0.0658. The van der Waals surface area contributed by atoms with E-state index >= 15 is 0 Å². The fourth-order valence-electron chi connectivity index (χ4n) is 2.84. The third-order valence-corrected chi connectivity index (χ3v) is 4.24. The van der Waals surface area contributed by atoms with E-state index in [4.69, 9.17) is 0 Å².